The van der Waals surface area contributed by atoms with Crippen molar-refractivity contribution in [2.75, 3.05) is 5.73 Å². The fraction of sp³-hybridized carbons (Fsp3) is 0.400. The van der Waals surface area contributed by atoms with Gasteiger partial charge in [-0.3, -0.25) is 0 Å². The van der Waals surface area contributed by atoms with Crippen LogP contribution in [0.3, 0.4) is 0 Å². The van der Waals surface area contributed by atoms with E-state index in [2.05, 4.69) is 5.16 Å². The number of halogens is 2. The maximum atomic E-state index is 6.30. The summed E-state index contributed by atoms with van der Waals surface area (Å²) in [6, 6.07) is 5.42. The summed E-state index contributed by atoms with van der Waals surface area (Å²) < 4.78 is 5.53. The molecule has 3 nitrogen and oxygen atoms in total. The Morgan fingerprint density at radius 1 is 1.20 bits per heavy atom. The van der Waals surface area contributed by atoms with Crippen molar-refractivity contribution in [1.29, 1.82) is 0 Å². The number of nitrogens with zero attached hydrogens (tertiary/aromatic N) is 1. The number of fused-ring (bicyclic) bond motifs is 1. The maximum absolute atomic E-state index is 6.30. The molecular weight excluding hydrogens is 295 g/mol. The average Bonchev–Trinajstić information content (AvgIpc) is 2.76. The number of hydrogen-bond acceptors (Lipinski definition) is 3. The fourth-order valence-corrected chi connectivity index (χ4v) is 4.22. The zero-order chi connectivity index (χ0) is 13.9. The molecule has 2 fully saturated rings. The summed E-state index contributed by atoms with van der Waals surface area (Å²) in [4.78, 5) is 0. The summed E-state index contributed by atoms with van der Waals surface area (Å²) in [5, 5.41) is 5.15. The molecule has 0 amide bonds. The van der Waals surface area contributed by atoms with Gasteiger partial charge in [0, 0.05) is 16.5 Å². The van der Waals surface area contributed by atoms with Gasteiger partial charge >= 0.3 is 0 Å². The van der Waals surface area contributed by atoms with Crippen molar-refractivity contribution in [1.82, 2.24) is 5.16 Å². The predicted octanol–water partition coefficient (Wildman–Crippen LogP) is 4.74. The first-order valence-electron chi connectivity index (χ1n) is 6.87. The van der Waals surface area contributed by atoms with Crippen molar-refractivity contribution in [3.05, 3.63) is 34.0 Å². The van der Waals surface area contributed by atoms with Crippen molar-refractivity contribution in [2.45, 2.75) is 25.2 Å². The van der Waals surface area contributed by atoms with Crippen LogP contribution in [0.15, 0.2) is 22.7 Å². The highest BCUT2D eigenvalue weighted by Crippen LogP contribution is 2.64. The molecule has 1 aromatic carbocycles. The van der Waals surface area contributed by atoms with Gasteiger partial charge in [0.1, 0.15) is 5.76 Å². The second kappa shape index (κ2) is 4.40. The van der Waals surface area contributed by atoms with E-state index in [4.69, 9.17) is 33.5 Å². The third kappa shape index (κ3) is 1.76. The summed E-state index contributed by atoms with van der Waals surface area (Å²) in [5.74, 6) is 3.27. The molecule has 2 atom stereocenters. The molecule has 2 aliphatic rings. The van der Waals surface area contributed by atoms with E-state index in [0.717, 1.165) is 28.7 Å². The van der Waals surface area contributed by atoms with Gasteiger partial charge in [-0.25, -0.2) is 0 Å². The average molecular weight is 309 g/mol. The number of nitrogens with two attached hydrogens (primary N) is 1. The molecule has 1 aromatic heterocycles. The van der Waals surface area contributed by atoms with Crippen LogP contribution in [-0.4, -0.2) is 5.16 Å². The number of anilines is 1. The topological polar surface area (TPSA) is 52.0 Å². The monoisotopic (exact) mass is 308 g/mol. The van der Waals surface area contributed by atoms with Crippen LogP contribution in [0.2, 0.25) is 10.0 Å². The summed E-state index contributed by atoms with van der Waals surface area (Å²) in [6.45, 7) is 0. The lowest BCUT2D eigenvalue weighted by Gasteiger charge is -2.06. The molecular formula is C15H14Cl2N2O. The number of hydrogen-bond donors (Lipinski definition) is 1. The number of rotatable bonds is 2. The molecule has 0 aliphatic heterocycles. The number of nitrogen functional groups attached to an aromatic ring is 1. The predicted molar refractivity (Wildman–Crippen MR) is 79.9 cm³/mol. The van der Waals surface area contributed by atoms with Gasteiger partial charge in [0.05, 0.1) is 10.6 Å². The first kappa shape index (κ1) is 12.5. The molecule has 4 rings (SSSR count). The van der Waals surface area contributed by atoms with Crippen LogP contribution < -0.4 is 5.73 Å². The first-order valence-corrected chi connectivity index (χ1v) is 7.63. The van der Waals surface area contributed by atoms with Crippen LogP contribution in [0.25, 0.3) is 11.1 Å². The standard InChI is InChI=1S/C15H14Cl2N2O/c16-7-4-5-10(11(17)6-7)13-14(20-19-15(13)18)12-8-2-1-3-9(8)12/h4-6,8-9,12H,1-3H2,(H2,18,19). The Kier molecular flexibility index (Phi) is 2.76. The zero-order valence-electron chi connectivity index (χ0n) is 10.8. The van der Waals surface area contributed by atoms with E-state index in [1.165, 1.54) is 19.3 Å². The quantitative estimate of drug-likeness (QED) is 0.871. The third-order valence-corrected chi connectivity index (χ3v) is 5.20. The molecule has 2 saturated carbocycles. The Morgan fingerprint density at radius 2 is 1.95 bits per heavy atom. The molecule has 20 heavy (non-hydrogen) atoms. The van der Waals surface area contributed by atoms with Crippen molar-refractivity contribution in [2.24, 2.45) is 11.8 Å². The Hall–Kier alpha value is -1.19. The molecule has 1 heterocycles. The minimum Gasteiger partial charge on any atom is -0.380 e. The van der Waals surface area contributed by atoms with Gasteiger partial charge in [0.15, 0.2) is 5.82 Å². The SMILES string of the molecule is Nc1noc(C2C3CCCC32)c1-c1ccc(Cl)cc1Cl. The van der Waals surface area contributed by atoms with Gasteiger partial charge in [0.2, 0.25) is 0 Å². The van der Waals surface area contributed by atoms with Gasteiger partial charge in [-0.15, -0.1) is 0 Å². The Bertz CT molecular complexity index is 673. The van der Waals surface area contributed by atoms with Crippen LogP contribution in [0.1, 0.15) is 30.9 Å². The van der Waals surface area contributed by atoms with E-state index in [0.29, 0.717) is 21.8 Å². The van der Waals surface area contributed by atoms with E-state index in [-0.39, 0.29) is 0 Å². The first-order chi connectivity index (χ1) is 9.66. The molecule has 5 heteroatoms. The number of aromatic nitrogens is 1. The number of benzene rings is 1. The largest absolute Gasteiger partial charge is 0.380 e. The second-order valence-corrected chi connectivity index (χ2v) is 6.56. The van der Waals surface area contributed by atoms with E-state index in [1.54, 1.807) is 6.07 Å². The van der Waals surface area contributed by atoms with Crippen LogP contribution in [0.5, 0.6) is 0 Å². The highest BCUT2D eigenvalue weighted by Gasteiger charge is 2.56. The van der Waals surface area contributed by atoms with E-state index >= 15 is 0 Å². The molecule has 2 unspecified atom stereocenters. The smallest absolute Gasteiger partial charge is 0.175 e. The second-order valence-electron chi connectivity index (χ2n) is 5.72. The summed E-state index contributed by atoms with van der Waals surface area (Å²) in [6.07, 6.45) is 3.89. The third-order valence-electron chi connectivity index (χ3n) is 4.65. The summed E-state index contributed by atoms with van der Waals surface area (Å²) in [7, 11) is 0. The van der Waals surface area contributed by atoms with E-state index in [9.17, 15) is 0 Å². The van der Waals surface area contributed by atoms with Crippen LogP contribution >= 0.6 is 23.2 Å². The Labute approximate surface area is 127 Å². The lowest BCUT2D eigenvalue weighted by Crippen LogP contribution is -1.93. The fourth-order valence-electron chi connectivity index (χ4n) is 3.72. The van der Waals surface area contributed by atoms with Crippen molar-refractivity contribution in [3.8, 4) is 11.1 Å². The normalized spacial score (nSPS) is 27.6. The molecule has 2 aliphatic carbocycles. The summed E-state index contributed by atoms with van der Waals surface area (Å²) in [5.41, 5.74) is 7.71. The molecule has 2 aromatic rings. The highest BCUT2D eigenvalue weighted by molar-refractivity contribution is 6.36. The van der Waals surface area contributed by atoms with Gasteiger partial charge in [0.25, 0.3) is 0 Å². The Morgan fingerprint density at radius 3 is 2.65 bits per heavy atom. The van der Waals surface area contributed by atoms with Gasteiger partial charge in [-0.1, -0.05) is 40.8 Å². The summed E-state index contributed by atoms with van der Waals surface area (Å²) >= 11 is 12.3. The van der Waals surface area contributed by atoms with Crippen LogP contribution in [-0.2, 0) is 0 Å². The Balaban J connectivity index is 1.80. The lowest BCUT2D eigenvalue weighted by molar-refractivity contribution is 0.376. The highest BCUT2D eigenvalue weighted by atomic mass is 35.5. The molecule has 104 valence electrons. The van der Waals surface area contributed by atoms with Crippen LogP contribution in [0, 0.1) is 11.8 Å². The van der Waals surface area contributed by atoms with Gasteiger partial charge < -0.3 is 10.3 Å². The van der Waals surface area contributed by atoms with E-state index in [1.807, 2.05) is 12.1 Å². The van der Waals surface area contributed by atoms with Gasteiger partial charge in [-0.05, 0) is 36.8 Å². The lowest BCUT2D eigenvalue weighted by atomic mass is 10.00. The molecule has 2 N–H and O–H groups in total. The molecule has 0 bridgehead atoms. The molecule has 0 saturated heterocycles. The minimum atomic E-state index is 0.411. The minimum absolute atomic E-state index is 0.411. The zero-order valence-corrected chi connectivity index (χ0v) is 12.3. The molecule has 0 radical (unpaired) electrons. The maximum Gasteiger partial charge on any atom is 0.175 e. The van der Waals surface area contributed by atoms with Crippen LogP contribution in [0.4, 0.5) is 5.82 Å². The van der Waals surface area contributed by atoms with Crippen molar-refractivity contribution in [3.63, 3.8) is 0 Å². The molecule has 0 spiro atoms. The van der Waals surface area contributed by atoms with Crippen molar-refractivity contribution >= 4 is 29.0 Å². The van der Waals surface area contributed by atoms with Crippen molar-refractivity contribution < 1.29 is 4.52 Å². The van der Waals surface area contributed by atoms with Gasteiger partial charge in [-0.2, -0.15) is 0 Å². The van der Waals surface area contributed by atoms with E-state index < -0.39 is 0 Å².